The van der Waals surface area contributed by atoms with Crippen LogP contribution in [0.4, 0.5) is 0 Å². The Labute approximate surface area is 165 Å². The monoisotopic (exact) mass is 410 g/mol. The Morgan fingerprint density at radius 3 is 1.89 bits per heavy atom. The fourth-order valence-electron chi connectivity index (χ4n) is 2.97. The van der Waals surface area contributed by atoms with E-state index in [9.17, 15) is 9.67 Å². The van der Waals surface area contributed by atoms with Crippen LogP contribution in [0.15, 0.2) is 36.4 Å². The van der Waals surface area contributed by atoms with Crippen molar-refractivity contribution >= 4 is 7.60 Å². The summed E-state index contributed by atoms with van der Waals surface area (Å²) < 4.78 is 40.7. The Hall–Kier alpha value is -2.21. The van der Waals surface area contributed by atoms with E-state index in [1.807, 2.05) is 0 Å². The van der Waals surface area contributed by atoms with Crippen LogP contribution in [0.1, 0.15) is 30.6 Å². The lowest BCUT2D eigenvalue weighted by Crippen LogP contribution is -2.09. The lowest BCUT2D eigenvalue weighted by molar-refractivity contribution is 0.214. The average molecular weight is 410 g/mol. The number of benzene rings is 2. The normalized spacial score (nSPS) is 12.5. The van der Waals surface area contributed by atoms with Gasteiger partial charge in [0.05, 0.1) is 34.5 Å². The highest BCUT2D eigenvalue weighted by Crippen LogP contribution is 2.65. The maximum absolute atomic E-state index is 13.7. The molecule has 0 spiro atoms. The standard InChI is InChI=1S/C20H27O7P/c1-6-26-28(22,27-7-2)20(14-8-10-15(23-3)11-9-14)16-12-18(24-4)19(25-5)13-17(16)21/h8-13,20-21H,6-7H2,1-5H3. The zero-order chi connectivity index (χ0) is 20.7. The molecule has 0 aliphatic carbocycles. The fraction of sp³-hybridized carbons (Fsp3) is 0.400. The molecule has 0 aliphatic rings. The molecule has 0 aliphatic heterocycles. The fourth-order valence-corrected chi connectivity index (χ4v) is 5.15. The Bertz CT molecular complexity index is 810. The molecule has 28 heavy (non-hydrogen) atoms. The molecule has 0 bridgehead atoms. The second-order valence-corrected chi connectivity index (χ2v) is 7.93. The van der Waals surface area contributed by atoms with Crippen molar-refractivity contribution in [2.24, 2.45) is 0 Å². The molecule has 2 rings (SSSR count). The minimum atomic E-state index is -3.67. The van der Waals surface area contributed by atoms with Crippen molar-refractivity contribution < 1.29 is 32.9 Å². The van der Waals surface area contributed by atoms with Crippen LogP contribution in [0.3, 0.4) is 0 Å². The Kier molecular flexibility index (Phi) is 7.75. The first kappa shape index (κ1) is 22.1. The third-order valence-electron chi connectivity index (χ3n) is 4.19. The highest BCUT2D eigenvalue weighted by atomic mass is 31.2. The average Bonchev–Trinajstić information content (AvgIpc) is 2.69. The summed E-state index contributed by atoms with van der Waals surface area (Å²) in [5.74, 6) is 1.31. The molecule has 1 unspecified atom stereocenters. The predicted octanol–water partition coefficient (Wildman–Crippen LogP) is 4.77. The molecule has 0 aromatic heterocycles. The number of phenols is 1. The van der Waals surface area contributed by atoms with E-state index in [0.717, 1.165) is 0 Å². The lowest BCUT2D eigenvalue weighted by atomic mass is 10.0. The summed E-state index contributed by atoms with van der Waals surface area (Å²) >= 11 is 0. The number of rotatable bonds is 10. The van der Waals surface area contributed by atoms with Gasteiger partial charge in [0.15, 0.2) is 11.5 Å². The smallest absolute Gasteiger partial charge is 0.342 e. The summed E-state index contributed by atoms with van der Waals surface area (Å²) in [6.07, 6.45) is 0. The summed E-state index contributed by atoms with van der Waals surface area (Å²) in [7, 11) is 0.860. The predicted molar refractivity (Wildman–Crippen MR) is 107 cm³/mol. The van der Waals surface area contributed by atoms with Gasteiger partial charge in [0, 0.05) is 11.6 Å². The van der Waals surface area contributed by atoms with Crippen molar-refractivity contribution in [3.8, 4) is 23.0 Å². The quantitative estimate of drug-likeness (QED) is 0.565. The summed E-state index contributed by atoms with van der Waals surface area (Å²) in [6, 6.07) is 10.1. The van der Waals surface area contributed by atoms with Crippen LogP contribution in [0.5, 0.6) is 23.0 Å². The van der Waals surface area contributed by atoms with E-state index in [1.54, 1.807) is 51.3 Å². The van der Waals surface area contributed by atoms with Gasteiger partial charge >= 0.3 is 7.60 Å². The number of hydrogen-bond acceptors (Lipinski definition) is 7. The van der Waals surface area contributed by atoms with Gasteiger partial charge in [-0.1, -0.05) is 12.1 Å². The molecule has 2 aromatic rings. The Morgan fingerprint density at radius 2 is 1.43 bits per heavy atom. The molecule has 0 radical (unpaired) electrons. The highest BCUT2D eigenvalue weighted by Gasteiger charge is 2.40. The van der Waals surface area contributed by atoms with Crippen LogP contribution < -0.4 is 14.2 Å². The maximum Gasteiger partial charge on any atom is 0.342 e. The van der Waals surface area contributed by atoms with Gasteiger partial charge in [0.25, 0.3) is 0 Å². The van der Waals surface area contributed by atoms with Gasteiger partial charge in [-0.15, -0.1) is 0 Å². The zero-order valence-electron chi connectivity index (χ0n) is 16.8. The van der Waals surface area contributed by atoms with Crippen LogP contribution in [-0.4, -0.2) is 39.6 Å². The molecule has 8 heteroatoms. The van der Waals surface area contributed by atoms with Gasteiger partial charge in [0.2, 0.25) is 0 Å². The number of ether oxygens (including phenoxy) is 3. The van der Waals surface area contributed by atoms with E-state index in [1.165, 1.54) is 20.3 Å². The second-order valence-electron chi connectivity index (χ2n) is 5.82. The molecular weight excluding hydrogens is 383 g/mol. The van der Waals surface area contributed by atoms with E-state index in [2.05, 4.69) is 0 Å². The molecule has 1 N–H and O–H groups in total. The molecule has 7 nitrogen and oxygen atoms in total. The molecule has 0 saturated heterocycles. The molecule has 0 fully saturated rings. The molecule has 0 saturated carbocycles. The van der Waals surface area contributed by atoms with Gasteiger partial charge in [-0.3, -0.25) is 4.57 Å². The van der Waals surface area contributed by atoms with Crippen molar-refractivity contribution in [1.82, 2.24) is 0 Å². The third-order valence-corrected chi connectivity index (χ3v) is 6.64. The van der Waals surface area contributed by atoms with Crippen molar-refractivity contribution in [2.75, 3.05) is 34.5 Å². The van der Waals surface area contributed by atoms with Gasteiger partial charge in [-0.05, 0) is 37.6 Å². The largest absolute Gasteiger partial charge is 0.507 e. The van der Waals surface area contributed by atoms with Gasteiger partial charge in [0.1, 0.15) is 17.2 Å². The van der Waals surface area contributed by atoms with Crippen LogP contribution in [-0.2, 0) is 13.6 Å². The summed E-state index contributed by atoms with van der Waals surface area (Å²) in [5.41, 5.74) is 0.139. The number of methoxy groups -OCH3 is 3. The highest BCUT2D eigenvalue weighted by molar-refractivity contribution is 7.54. The third kappa shape index (κ3) is 4.61. The maximum atomic E-state index is 13.7. The SMILES string of the molecule is CCOP(=O)(OCC)C(c1ccc(OC)cc1)c1cc(OC)c(OC)cc1O. The van der Waals surface area contributed by atoms with E-state index in [4.69, 9.17) is 23.3 Å². The summed E-state index contributed by atoms with van der Waals surface area (Å²) in [5, 5.41) is 10.7. The first-order chi connectivity index (χ1) is 13.4. The zero-order valence-corrected chi connectivity index (χ0v) is 17.7. The Balaban J connectivity index is 2.72. The minimum Gasteiger partial charge on any atom is -0.507 e. The van der Waals surface area contributed by atoms with Crippen molar-refractivity contribution in [3.05, 3.63) is 47.5 Å². The number of aromatic hydroxyl groups is 1. The molecular formula is C20H27O7P. The molecule has 0 heterocycles. The number of phenolic OH excluding ortho intramolecular Hbond substituents is 1. The topological polar surface area (TPSA) is 83.5 Å². The van der Waals surface area contributed by atoms with Crippen molar-refractivity contribution in [3.63, 3.8) is 0 Å². The Morgan fingerprint density at radius 1 is 0.893 bits per heavy atom. The molecule has 0 amide bonds. The van der Waals surface area contributed by atoms with Gasteiger partial charge in [-0.25, -0.2) is 0 Å². The minimum absolute atomic E-state index is 0.0990. The van der Waals surface area contributed by atoms with Crippen LogP contribution in [0.2, 0.25) is 0 Å². The van der Waals surface area contributed by atoms with Crippen molar-refractivity contribution in [1.29, 1.82) is 0 Å². The van der Waals surface area contributed by atoms with E-state index >= 15 is 0 Å². The van der Waals surface area contributed by atoms with Crippen molar-refractivity contribution in [2.45, 2.75) is 19.5 Å². The van der Waals surface area contributed by atoms with Gasteiger partial charge < -0.3 is 28.4 Å². The first-order valence-electron chi connectivity index (χ1n) is 8.91. The van der Waals surface area contributed by atoms with Crippen LogP contribution in [0, 0.1) is 0 Å². The summed E-state index contributed by atoms with van der Waals surface area (Å²) in [6.45, 7) is 3.87. The van der Waals surface area contributed by atoms with Crippen LogP contribution in [0.25, 0.3) is 0 Å². The number of hydrogen-bond donors (Lipinski definition) is 1. The molecule has 1 atom stereocenters. The second kappa shape index (κ2) is 9.82. The molecule has 2 aromatic carbocycles. The van der Waals surface area contributed by atoms with E-state index < -0.39 is 13.3 Å². The van der Waals surface area contributed by atoms with E-state index in [0.29, 0.717) is 28.4 Å². The lowest BCUT2D eigenvalue weighted by Gasteiger charge is -2.28. The first-order valence-corrected chi connectivity index (χ1v) is 10.5. The van der Waals surface area contributed by atoms with Gasteiger partial charge in [-0.2, -0.15) is 0 Å². The van der Waals surface area contributed by atoms with E-state index in [-0.39, 0.29) is 19.0 Å². The molecule has 154 valence electrons. The summed E-state index contributed by atoms with van der Waals surface area (Å²) in [4.78, 5) is 0. The van der Waals surface area contributed by atoms with Crippen LogP contribution >= 0.6 is 7.60 Å².